The zero-order valence-corrected chi connectivity index (χ0v) is 7.88. The van der Waals surface area contributed by atoms with Crippen molar-refractivity contribution in [2.75, 3.05) is 0 Å². The van der Waals surface area contributed by atoms with Gasteiger partial charge in [0.1, 0.15) is 6.10 Å². The first-order chi connectivity index (χ1) is 5.77. The fraction of sp³-hybridized carbons (Fsp3) is 0.818. The quantitative estimate of drug-likeness (QED) is 0.537. The van der Waals surface area contributed by atoms with E-state index in [0.29, 0.717) is 6.10 Å². The first-order valence-electron chi connectivity index (χ1n) is 5.12. The van der Waals surface area contributed by atoms with E-state index in [1.54, 1.807) is 0 Å². The van der Waals surface area contributed by atoms with Gasteiger partial charge in [0.25, 0.3) is 0 Å². The molecule has 0 aromatic heterocycles. The van der Waals surface area contributed by atoms with Gasteiger partial charge in [-0.15, -0.1) is 0 Å². The zero-order valence-electron chi connectivity index (χ0n) is 7.88. The first kappa shape index (κ1) is 8.15. The van der Waals surface area contributed by atoms with Gasteiger partial charge in [0.2, 0.25) is 0 Å². The van der Waals surface area contributed by atoms with Gasteiger partial charge in [0, 0.05) is 6.42 Å². The second kappa shape index (κ2) is 3.12. The Bertz CT molecular complexity index is 185. The van der Waals surface area contributed by atoms with Gasteiger partial charge in [0.15, 0.2) is 0 Å². The van der Waals surface area contributed by atoms with Crippen molar-refractivity contribution in [3.8, 4) is 0 Å². The Labute approximate surface area is 74.8 Å². The van der Waals surface area contributed by atoms with Crippen molar-refractivity contribution >= 4 is 0 Å². The summed E-state index contributed by atoms with van der Waals surface area (Å²) in [5.74, 6) is 2.64. The molecule has 0 amide bonds. The second-order valence-corrected chi connectivity index (χ2v) is 4.32. The van der Waals surface area contributed by atoms with E-state index in [9.17, 15) is 0 Å². The Morgan fingerprint density at radius 1 is 1.33 bits per heavy atom. The molecule has 68 valence electrons. The first-order valence-corrected chi connectivity index (χ1v) is 5.12. The van der Waals surface area contributed by atoms with Crippen LogP contribution in [0, 0.1) is 11.8 Å². The largest absolute Gasteiger partial charge is 0.495 e. The highest BCUT2D eigenvalue weighted by molar-refractivity contribution is 4.96. The Morgan fingerprint density at radius 2 is 2.08 bits per heavy atom. The molecule has 1 nitrogen and oxygen atoms in total. The van der Waals surface area contributed by atoms with Crippen LogP contribution in [0.1, 0.15) is 39.0 Å². The predicted molar refractivity (Wildman–Crippen MR) is 49.8 cm³/mol. The lowest BCUT2D eigenvalue weighted by atomic mass is 9.75. The van der Waals surface area contributed by atoms with Crippen LogP contribution in [-0.4, -0.2) is 6.10 Å². The predicted octanol–water partition coefficient (Wildman–Crippen LogP) is 3.12. The van der Waals surface area contributed by atoms with Crippen LogP contribution in [0.2, 0.25) is 0 Å². The molecule has 2 aliphatic rings. The SMILES string of the molecule is C=C1CC(C)C2CCCCC2O1. The molecule has 2 fully saturated rings. The van der Waals surface area contributed by atoms with Crippen LogP contribution in [0.3, 0.4) is 0 Å². The van der Waals surface area contributed by atoms with Crippen molar-refractivity contribution in [2.24, 2.45) is 11.8 Å². The van der Waals surface area contributed by atoms with E-state index in [1.807, 2.05) is 0 Å². The van der Waals surface area contributed by atoms with Crippen LogP contribution in [0.25, 0.3) is 0 Å². The third-order valence-corrected chi connectivity index (χ3v) is 3.35. The monoisotopic (exact) mass is 166 g/mol. The number of ether oxygens (including phenoxy) is 1. The number of rotatable bonds is 0. The van der Waals surface area contributed by atoms with Gasteiger partial charge in [-0.1, -0.05) is 19.9 Å². The van der Waals surface area contributed by atoms with Crippen LogP contribution >= 0.6 is 0 Å². The molecule has 0 N–H and O–H groups in total. The van der Waals surface area contributed by atoms with Crippen LogP contribution in [-0.2, 0) is 4.74 Å². The van der Waals surface area contributed by atoms with Gasteiger partial charge in [-0.25, -0.2) is 0 Å². The zero-order chi connectivity index (χ0) is 8.55. The summed E-state index contributed by atoms with van der Waals surface area (Å²) < 4.78 is 5.77. The van der Waals surface area contributed by atoms with E-state index in [1.165, 1.54) is 25.7 Å². The summed E-state index contributed by atoms with van der Waals surface area (Å²) in [5.41, 5.74) is 0. The van der Waals surface area contributed by atoms with Crippen molar-refractivity contribution in [1.29, 1.82) is 0 Å². The summed E-state index contributed by atoms with van der Waals surface area (Å²) >= 11 is 0. The smallest absolute Gasteiger partial charge is 0.101 e. The van der Waals surface area contributed by atoms with E-state index in [2.05, 4.69) is 13.5 Å². The fourth-order valence-electron chi connectivity index (χ4n) is 2.70. The van der Waals surface area contributed by atoms with Gasteiger partial charge in [0.05, 0.1) is 5.76 Å². The second-order valence-electron chi connectivity index (χ2n) is 4.32. The third kappa shape index (κ3) is 1.37. The highest BCUT2D eigenvalue weighted by Gasteiger charge is 2.35. The number of hydrogen-bond donors (Lipinski definition) is 0. The molecule has 1 aliphatic carbocycles. The van der Waals surface area contributed by atoms with Gasteiger partial charge >= 0.3 is 0 Å². The number of fused-ring (bicyclic) bond motifs is 1. The Balaban J connectivity index is 2.06. The molecule has 3 unspecified atom stereocenters. The molecule has 3 atom stereocenters. The summed E-state index contributed by atoms with van der Waals surface area (Å²) in [6.45, 7) is 6.28. The average molecular weight is 166 g/mol. The molecule has 2 rings (SSSR count). The molecule has 0 aromatic carbocycles. The molecule has 0 bridgehead atoms. The van der Waals surface area contributed by atoms with Gasteiger partial charge < -0.3 is 4.74 Å². The van der Waals surface area contributed by atoms with E-state index in [-0.39, 0.29) is 0 Å². The van der Waals surface area contributed by atoms with E-state index in [4.69, 9.17) is 4.74 Å². The molecule has 1 saturated heterocycles. The van der Waals surface area contributed by atoms with Gasteiger partial charge in [-0.05, 0) is 31.1 Å². The van der Waals surface area contributed by atoms with Crippen LogP contribution in [0.5, 0.6) is 0 Å². The van der Waals surface area contributed by atoms with Crippen molar-refractivity contribution in [3.05, 3.63) is 12.3 Å². The minimum absolute atomic E-state index is 0.509. The highest BCUT2D eigenvalue weighted by atomic mass is 16.5. The maximum absolute atomic E-state index is 5.77. The van der Waals surface area contributed by atoms with Crippen molar-refractivity contribution in [3.63, 3.8) is 0 Å². The molecule has 1 saturated carbocycles. The maximum Gasteiger partial charge on any atom is 0.101 e. The number of hydrogen-bond acceptors (Lipinski definition) is 1. The maximum atomic E-state index is 5.77. The summed E-state index contributed by atoms with van der Waals surface area (Å²) in [4.78, 5) is 0. The standard InChI is InChI=1S/C11H18O/c1-8-7-9(2)12-11-6-4-3-5-10(8)11/h8,10-11H,2-7H2,1H3. The topological polar surface area (TPSA) is 9.23 Å². The normalized spacial score (nSPS) is 41.8. The molecule has 1 aliphatic heterocycles. The minimum Gasteiger partial charge on any atom is -0.495 e. The fourth-order valence-corrected chi connectivity index (χ4v) is 2.70. The Morgan fingerprint density at radius 3 is 2.92 bits per heavy atom. The Kier molecular flexibility index (Phi) is 2.12. The molecule has 0 aromatic rings. The van der Waals surface area contributed by atoms with Crippen LogP contribution in [0.4, 0.5) is 0 Å². The molecular formula is C11H18O. The number of allylic oxidation sites excluding steroid dienone is 1. The van der Waals surface area contributed by atoms with Crippen molar-refractivity contribution in [2.45, 2.75) is 45.1 Å². The lowest BCUT2D eigenvalue weighted by Crippen LogP contribution is -2.36. The molecule has 0 radical (unpaired) electrons. The third-order valence-electron chi connectivity index (χ3n) is 3.35. The average Bonchev–Trinajstić information content (AvgIpc) is 2.04. The van der Waals surface area contributed by atoms with Gasteiger partial charge in [-0.3, -0.25) is 0 Å². The van der Waals surface area contributed by atoms with Crippen molar-refractivity contribution in [1.82, 2.24) is 0 Å². The van der Waals surface area contributed by atoms with E-state index in [0.717, 1.165) is 24.0 Å². The Hall–Kier alpha value is -0.460. The summed E-state index contributed by atoms with van der Waals surface area (Å²) in [6.07, 6.45) is 6.98. The molecule has 0 spiro atoms. The lowest BCUT2D eigenvalue weighted by molar-refractivity contribution is -0.0287. The van der Waals surface area contributed by atoms with Gasteiger partial charge in [-0.2, -0.15) is 0 Å². The minimum atomic E-state index is 0.509. The molecule has 12 heavy (non-hydrogen) atoms. The molecular weight excluding hydrogens is 148 g/mol. The van der Waals surface area contributed by atoms with Crippen molar-refractivity contribution < 1.29 is 4.74 Å². The van der Waals surface area contributed by atoms with Crippen LogP contribution < -0.4 is 0 Å². The molecule has 1 heterocycles. The molecule has 1 heteroatoms. The summed E-state index contributed by atoms with van der Waals surface area (Å²) in [6, 6.07) is 0. The van der Waals surface area contributed by atoms with Crippen LogP contribution in [0.15, 0.2) is 12.3 Å². The van der Waals surface area contributed by atoms with E-state index >= 15 is 0 Å². The lowest BCUT2D eigenvalue weighted by Gasteiger charge is -2.40. The highest BCUT2D eigenvalue weighted by Crippen LogP contribution is 2.40. The summed E-state index contributed by atoms with van der Waals surface area (Å²) in [7, 11) is 0. The summed E-state index contributed by atoms with van der Waals surface area (Å²) in [5, 5.41) is 0. The van der Waals surface area contributed by atoms with E-state index < -0.39 is 0 Å².